The molecule has 3 aromatic carbocycles. The number of carbonyl (C=O) groups is 2. The van der Waals surface area contributed by atoms with Crippen LogP contribution in [0.5, 0.6) is 0 Å². The molecule has 3 atom stereocenters. The van der Waals surface area contributed by atoms with Gasteiger partial charge in [-0.3, -0.25) is 0 Å². The summed E-state index contributed by atoms with van der Waals surface area (Å²) in [6.07, 6.45) is 0.782. The van der Waals surface area contributed by atoms with Crippen LogP contribution in [-0.2, 0) is 22.6 Å². The number of anilines is 1. The van der Waals surface area contributed by atoms with Gasteiger partial charge in [-0.1, -0.05) is 66.7 Å². The van der Waals surface area contributed by atoms with Crippen molar-refractivity contribution in [3.63, 3.8) is 0 Å². The van der Waals surface area contributed by atoms with Gasteiger partial charge < -0.3 is 30.3 Å². The van der Waals surface area contributed by atoms with Gasteiger partial charge in [0, 0.05) is 36.2 Å². The van der Waals surface area contributed by atoms with Crippen molar-refractivity contribution in [1.29, 1.82) is 0 Å². The number of aromatic carboxylic acids is 1. The van der Waals surface area contributed by atoms with E-state index in [9.17, 15) is 19.8 Å². The maximum Gasteiger partial charge on any atom is 0.338 e. The van der Waals surface area contributed by atoms with Gasteiger partial charge in [0.1, 0.15) is 5.03 Å². The van der Waals surface area contributed by atoms with Crippen LogP contribution in [-0.4, -0.2) is 39.1 Å². The number of hydrogen-bond donors (Lipinski definition) is 4. The molecule has 42 heavy (non-hydrogen) atoms. The zero-order chi connectivity index (χ0) is 29.3. The van der Waals surface area contributed by atoms with E-state index in [2.05, 4.69) is 15.6 Å². The third-order valence-corrected chi connectivity index (χ3v) is 7.87. The van der Waals surface area contributed by atoms with Gasteiger partial charge in [0.25, 0.3) is 0 Å². The molecule has 0 unspecified atom stereocenters. The molecular formula is C32H31N3O6S. The SMILES string of the molecule is O=C(NCc1ccccc1)Nc1cccc([C@@H]2O[C@H](CSc3ncccc3C(=O)O)C[C@H](c3ccc(CO)cc3)O2)c1. The van der Waals surface area contributed by atoms with Gasteiger partial charge in [0.2, 0.25) is 0 Å². The van der Waals surface area contributed by atoms with Gasteiger partial charge >= 0.3 is 12.0 Å². The van der Waals surface area contributed by atoms with Gasteiger partial charge in [-0.2, -0.15) is 0 Å². The number of ether oxygens (including phenoxy) is 2. The monoisotopic (exact) mass is 585 g/mol. The van der Waals surface area contributed by atoms with E-state index in [0.29, 0.717) is 29.4 Å². The fraction of sp³-hybridized carbons (Fsp3) is 0.219. The molecule has 1 fully saturated rings. The second-order valence-electron chi connectivity index (χ2n) is 9.74. The number of thioether (sulfide) groups is 1. The number of aromatic nitrogens is 1. The molecule has 0 bridgehead atoms. The first-order valence-electron chi connectivity index (χ1n) is 13.5. The summed E-state index contributed by atoms with van der Waals surface area (Å²) in [5.41, 5.74) is 4.20. The third-order valence-electron chi connectivity index (χ3n) is 6.74. The van der Waals surface area contributed by atoms with Crippen LogP contribution in [0.1, 0.15) is 51.4 Å². The minimum Gasteiger partial charge on any atom is -0.478 e. The smallest absolute Gasteiger partial charge is 0.338 e. The minimum absolute atomic E-state index is 0.0501. The molecule has 2 heterocycles. The standard InChI is InChI=1S/C32H31N3O6S/c36-19-22-11-13-23(14-12-22)28-17-26(20-42-29-27(30(37)38)10-5-15-33-29)40-31(41-28)24-8-4-9-25(16-24)35-32(39)34-18-21-6-2-1-3-7-21/h1-16,26,28,31,36H,17-20H2,(H,37,38)(H2,34,35,39)/t26-,28+,31+/m0/s1. The number of aliphatic hydroxyl groups is 1. The van der Waals surface area contributed by atoms with E-state index < -0.39 is 12.3 Å². The Kier molecular flexibility index (Phi) is 9.83. The van der Waals surface area contributed by atoms with Crippen molar-refractivity contribution in [1.82, 2.24) is 10.3 Å². The summed E-state index contributed by atoms with van der Waals surface area (Å²) in [5.74, 6) is -0.572. The second-order valence-corrected chi connectivity index (χ2v) is 10.7. The molecule has 4 aromatic rings. The molecule has 2 amide bonds. The lowest BCUT2D eigenvalue weighted by Gasteiger charge is -2.36. The third kappa shape index (κ3) is 7.74. The Morgan fingerprint density at radius 1 is 0.905 bits per heavy atom. The molecule has 9 nitrogen and oxygen atoms in total. The van der Waals surface area contributed by atoms with Crippen LogP contribution < -0.4 is 10.6 Å². The topological polar surface area (TPSA) is 130 Å². The number of aliphatic hydroxyl groups excluding tert-OH is 1. The first-order chi connectivity index (χ1) is 20.5. The summed E-state index contributed by atoms with van der Waals surface area (Å²) in [6.45, 7) is 0.350. The Morgan fingerprint density at radius 2 is 1.71 bits per heavy atom. The summed E-state index contributed by atoms with van der Waals surface area (Å²) in [7, 11) is 0. The van der Waals surface area contributed by atoms with Crippen molar-refractivity contribution >= 4 is 29.4 Å². The summed E-state index contributed by atoms with van der Waals surface area (Å²) in [5, 5.41) is 25.2. The van der Waals surface area contributed by atoms with Gasteiger partial charge in [-0.15, -0.1) is 11.8 Å². The maximum absolute atomic E-state index is 12.6. The highest BCUT2D eigenvalue weighted by Crippen LogP contribution is 2.40. The Hall–Kier alpha value is -4.22. The number of urea groups is 1. The van der Waals surface area contributed by atoms with Crippen LogP contribution >= 0.6 is 11.8 Å². The van der Waals surface area contributed by atoms with Crippen molar-refractivity contribution in [3.8, 4) is 0 Å². The number of amides is 2. The molecule has 1 aliphatic heterocycles. The lowest BCUT2D eigenvalue weighted by molar-refractivity contribution is -0.245. The van der Waals surface area contributed by atoms with E-state index in [-0.39, 0.29) is 30.4 Å². The molecule has 10 heteroatoms. The van der Waals surface area contributed by atoms with E-state index in [1.54, 1.807) is 18.3 Å². The predicted octanol–water partition coefficient (Wildman–Crippen LogP) is 5.93. The zero-order valence-electron chi connectivity index (χ0n) is 22.7. The maximum atomic E-state index is 12.6. The number of carboxylic acids is 1. The van der Waals surface area contributed by atoms with Crippen LogP contribution in [0.15, 0.2) is 102 Å². The second kappa shape index (κ2) is 14.1. The molecule has 0 radical (unpaired) electrons. The van der Waals surface area contributed by atoms with Crippen molar-refractivity contribution in [2.45, 2.75) is 43.1 Å². The van der Waals surface area contributed by atoms with E-state index >= 15 is 0 Å². The number of nitrogens with zero attached hydrogens (tertiary/aromatic N) is 1. The highest BCUT2D eigenvalue weighted by atomic mass is 32.2. The highest BCUT2D eigenvalue weighted by Gasteiger charge is 2.32. The van der Waals surface area contributed by atoms with Crippen LogP contribution in [0.25, 0.3) is 0 Å². The Labute approximate surface area is 247 Å². The Morgan fingerprint density at radius 3 is 2.48 bits per heavy atom. The molecule has 1 saturated heterocycles. The molecule has 5 rings (SSSR count). The number of benzene rings is 3. The summed E-state index contributed by atoms with van der Waals surface area (Å²) >= 11 is 1.33. The lowest BCUT2D eigenvalue weighted by Crippen LogP contribution is -2.31. The van der Waals surface area contributed by atoms with Crippen molar-refractivity contribution in [3.05, 3.63) is 125 Å². The number of carbonyl (C=O) groups excluding carboxylic acids is 1. The molecule has 0 spiro atoms. The number of nitrogens with one attached hydrogen (secondary N) is 2. The first kappa shape index (κ1) is 29.3. The van der Waals surface area contributed by atoms with Crippen molar-refractivity contribution < 1.29 is 29.3 Å². The van der Waals surface area contributed by atoms with E-state index in [1.165, 1.54) is 17.8 Å². The molecule has 1 aromatic heterocycles. The van der Waals surface area contributed by atoms with Crippen molar-refractivity contribution in [2.24, 2.45) is 0 Å². The largest absolute Gasteiger partial charge is 0.478 e. The fourth-order valence-corrected chi connectivity index (χ4v) is 5.58. The lowest BCUT2D eigenvalue weighted by atomic mass is 10.0. The Bertz CT molecular complexity index is 1500. The van der Waals surface area contributed by atoms with Gasteiger partial charge in [-0.25, -0.2) is 14.6 Å². The first-order valence-corrected chi connectivity index (χ1v) is 14.5. The summed E-state index contributed by atoms with van der Waals surface area (Å²) in [4.78, 5) is 28.5. The average Bonchev–Trinajstić information content (AvgIpc) is 3.03. The van der Waals surface area contributed by atoms with Crippen LogP contribution in [0, 0.1) is 0 Å². The Balaban J connectivity index is 1.31. The van der Waals surface area contributed by atoms with E-state index in [0.717, 1.165) is 22.3 Å². The fourth-order valence-electron chi connectivity index (χ4n) is 4.58. The number of hydrogen-bond acceptors (Lipinski definition) is 7. The van der Waals surface area contributed by atoms with Crippen LogP contribution in [0.4, 0.5) is 10.5 Å². The number of carboxylic acid groups (broad SMARTS) is 1. The summed E-state index contributed by atoms with van der Waals surface area (Å²) in [6, 6.07) is 27.3. The average molecular weight is 586 g/mol. The molecule has 0 aliphatic carbocycles. The van der Waals surface area contributed by atoms with Crippen LogP contribution in [0.2, 0.25) is 0 Å². The quantitative estimate of drug-likeness (QED) is 0.169. The van der Waals surface area contributed by atoms with Gasteiger partial charge in [0.05, 0.1) is 24.4 Å². The number of pyridine rings is 1. The van der Waals surface area contributed by atoms with Crippen molar-refractivity contribution in [2.75, 3.05) is 11.1 Å². The molecule has 0 saturated carbocycles. The molecular weight excluding hydrogens is 554 g/mol. The molecule has 1 aliphatic rings. The predicted molar refractivity (Wildman–Crippen MR) is 159 cm³/mol. The highest BCUT2D eigenvalue weighted by molar-refractivity contribution is 7.99. The number of rotatable bonds is 10. The zero-order valence-corrected chi connectivity index (χ0v) is 23.5. The molecule has 4 N–H and O–H groups in total. The normalized spacial score (nSPS) is 18.3. The molecule has 216 valence electrons. The summed E-state index contributed by atoms with van der Waals surface area (Å²) < 4.78 is 12.8. The van der Waals surface area contributed by atoms with Crippen LogP contribution in [0.3, 0.4) is 0 Å². The van der Waals surface area contributed by atoms with Gasteiger partial charge in [0.15, 0.2) is 6.29 Å². The van der Waals surface area contributed by atoms with Gasteiger partial charge in [-0.05, 0) is 41.0 Å². The minimum atomic E-state index is -1.03. The van der Waals surface area contributed by atoms with E-state index in [4.69, 9.17) is 9.47 Å². The van der Waals surface area contributed by atoms with E-state index in [1.807, 2.05) is 72.8 Å².